The molecule has 0 atom stereocenters. The van der Waals surface area contributed by atoms with Crippen LogP contribution in [0.15, 0.2) is 66.9 Å². The molecule has 0 aliphatic carbocycles. The van der Waals surface area contributed by atoms with Gasteiger partial charge in [0.25, 0.3) is 0 Å². The molecule has 4 rings (SSSR count). The number of aliphatic hydroxyl groups is 1. The summed E-state index contributed by atoms with van der Waals surface area (Å²) in [6, 6.07) is 20.7. The van der Waals surface area contributed by atoms with Crippen molar-refractivity contribution >= 4 is 5.69 Å². The van der Waals surface area contributed by atoms with Crippen molar-refractivity contribution in [1.29, 1.82) is 0 Å². The summed E-state index contributed by atoms with van der Waals surface area (Å²) in [7, 11) is 0. The van der Waals surface area contributed by atoms with E-state index in [-0.39, 0.29) is 6.61 Å². The molecule has 0 aliphatic heterocycles. The molecule has 0 fully saturated rings. The largest absolute Gasteiger partial charge is 0.398 e. The maximum absolute atomic E-state index is 9.14. The maximum atomic E-state index is 9.14. The van der Waals surface area contributed by atoms with E-state index < -0.39 is 0 Å². The summed E-state index contributed by atoms with van der Waals surface area (Å²) in [4.78, 5) is 0. The van der Waals surface area contributed by atoms with Gasteiger partial charge in [0.05, 0.1) is 17.6 Å². The number of aliphatic hydroxyl groups excluding tert-OH is 1. The van der Waals surface area contributed by atoms with Gasteiger partial charge in [-0.15, -0.1) is 5.10 Å². The van der Waals surface area contributed by atoms with Gasteiger partial charge in [0.2, 0.25) is 0 Å². The summed E-state index contributed by atoms with van der Waals surface area (Å²) in [5.41, 5.74) is 15.5. The predicted octanol–water partition coefficient (Wildman–Crippen LogP) is 4.34. The molecule has 0 saturated carbocycles. The van der Waals surface area contributed by atoms with Gasteiger partial charge in [0.15, 0.2) is 0 Å². The molecule has 4 aromatic rings. The van der Waals surface area contributed by atoms with Gasteiger partial charge in [-0.2, -0.15) is 0 Å². The number of anilines is 1. The second-order valence-corrected chi connectivity index (χ2v) is 7.20. The molecule has 1 aromatic heterocycles. The van der Waals surface area contributed by atoms with Crippen LogP contribution in [0.25, 0.3) is 27.9 Å². The van der Waals surface area contributed by atoms with Gasteiger partial charge in [-0.1, -0.05) is 47.7 Å². The van der Waals surface area contributed by atoms with E-state index in [0.717, 1.165) is 50.4 Å². The van der Waals surface area contributed by atoms with Crippen LogP contribution >= 0.6 is 0 Å². The van der Waals surface area contributed by atoms with Crippen molar-refractivity contribution in [2.24, 2.45) is 0 Å². The topological polar surface area (TPSA) is 77.0 Å². The lowest BCUT2D eigenvalue weighted by molar-refractivity contribution is 0.298. The van der Waals surface area contributed by atoms with Crippen LogP contribution in [-0.2, 0) is 6.42 Å². The summed E-state index contributed by atoms with van der Waals surface area (Å²) in [5, 5.41) is 17.5. The van der Waals surface area contributed by atoms with Crippen molar-refractivity contribution in [3.63, 3.8) is 0 Å². The van der Waals surface area contributed by atoms with E-state index in [1.807, 2.05) is 36.5 Å². The molecule has 0 spiro atoms. The third kappa shape index (κ3) is 3.65. The molecule has 0 aliphatic rings. The molecular formula is C24H24N4O. The minimum absolute atomic E-state index is 0.0563. The Morgan fingerprint density at radius 2 is 1.76 bits per heavy atom. The quantitative estimate of drug-likeness (QED) is 0.502. The van der Waals surface area contributed by atoms with E-state index in [1.54, 1.807) is 4.68 Å². The zero-order valence-corrected chi connectivity index (χ0v) is 16.6. The number of hydrogen-bond donors (Lipinski definition) is 2. The molecule has 5 nitrogen and oxygen atoms in total. The fraction of sp³-hybridized carbons (Fsp3) is 0.167. The molecule has 0 saturated heterocycles. The standard InChI is InChI=1S/C24H24N4O/c1-16-8-9-20(28-15-19(12-13-29)26-27-28)14-22(16)24-17(2)23(25)11-10-21(24)18-6-4-3-5-7-18/h3-11,14-15,29H,12-13,25H2,1-2H3. The van der Waals surface area contributed by atoms with Crippen molar-refractivity contribution in [3.8, 4) is 27.9 Å². The molecule has 146 valence electrons. The third-order valence-corrected chi connectivity index (χ3v) is 5.26. The summed E-state index contributed by atoms with van der Waals surface area (Å²) < 4.78 is 1.75. The SMILES string of the molecule is Cc1ccc(-n2cc(CCO)nn2)cc1-c1c(-c2ccccc2)ccc(N)c1C. The van der Waals surface area contributed by atoms with Crippen molar-refractivity contribution < 1.29 is 5.11 Å². The van der Waals surface area contributed by atoms with E-state index in [2.05, 4.69) is 54.5 Å². The smallest absolute Gasteiger partial charge is 0.0854 e. The minimum atomic E-state index is 0.0563. The summed E-state index contributed by atoms with van der Waals surface area (Å²) in [6.07, 6.45) is 2.35. The Morgan fingerprint density at radius 3 is 2.52 bits per heavy atom. The highest BCUT2D eigenvalue weighted by molar-refractivity contribution is 5.90. The summed E-state index contributed by atoms with van der Waals surface area (Å²) in [5.74, 6) is 0. The van der Waals surface area contributed by atoms with E-state index in [1.165, 1.54) is 0 Å². The number of nitrogens with zero attached hydrogens (tertiary/aromatic N) is 3. The Balaban J connectivity index is 1.90. The fourth-order valence-electron chi connectivity index (χ4n) is 3.61. The Labute approximate surface area is 170 Å². The summed E-state index contributed by atoms with van der Waals surface area (Å²) in [6.45, 7) is 4.23. The Kier molecular flexibility index (Phi) is 5.14. The van der Waals surface area contributed by atoms with Gasteiger partial charge in [-0.3, -0.25) is 0 Å². The summed E-state index contributed by atoms with van der Waals surface area (Å²) >= 11 is 0. The first-order chi connectivity index (χ1) is 14.1. The van der Waals surface area contributed by atoms with Crippen LogP contribution in [0, 0.1) is 13.8 Å². The molecule has 0 amide bonds. The molecule has 5 heteroatoms. The van der Waals surface area contributed by atoms with E-state index in [0.29, 0.717) is 6.42 Å². The first kappa shape index (κ1) is 18.9. The normalized spacial score (nSPS) is 11.0. The van der Waals surface area contributed by atoms with Gasteiger partial charge in [0, 0.05) is 18.7 Å². The number of aromatic nitrogens is 3. The zero-order valence-electron chi connectivity index (χ0n) is 16.6. The van der Waals surface area contributed by atoms with Gasteiger partial charge in [0.1, 0.15) is 0 Å². The molecule has 29 heavy (non-hydrogen) atoms. The molecular weight excluding hydrogens is 360 g/mol. The maximum Gasteiger partial charge on any atom is 0.0854 e. The second kappa shape index (κ2) is 7.89. The van der Waals surface area contributed by atoms with Crippen molar-refractivity contribution in [3.05, 3.63) is 83.7 Å². The van der Waals surface area contributed by atoms with Crippen LogP contribution in [0.5, 0.6) is 0 Å². The lowest BCUT2D eigenvalue weighted by Crippen LogP contribution is -2.00. The van der Waals surface area contributed by atoms with Crippen LogP contribution in [-0.4, -0.2) is 26.7 Å². The number of benzene rings is 3. The second-order valence-electron chi connectivity index (χ2n) is 7.20. The average Bonchev–Trinajstić information content (AvgIpc) is 3.20. The van der Waals surface area contributed by atoms with Crippen LogP contribution in [0.3, 0.4) is 0 Å². The van der Waals surface area contributed by atoms with Crippen molar-refractivity contribution in [1.82, 2.24) is 15.0 Å². The highest BCUT2D eigenvalue weighted by Gasteiger charge is 2.16. The Hall–Kier alpha value is -3.44. The number of hydrogen-bond acceptors (Lipinski definition) is 4. The molecule has 0 bridgehead atoms. The van der Waals surface area contributed by atoms with Gasteiger partial charge in [-0.05, 0) is 65.4 Å². The van der Waals surface area contributed by atoms with Gasteiger partial charge < -0.3 is 10.8 Å². The van der Waals surface area contributed by atoms with Gasteiger partial charge in [-0.25, -0.2) is 4.68 Å². The monoisotopic (exact) mass is 384 g/mol. The highest BCUT2D eigenvalue weighted by atomic mass is 16.3. The first-order valence-corrected chi connectivity index (χ1v) is 9.66. The molecule has 1 heterocycles. The fourth-order valence-corrected chi connectivity index (χ4v) is 3.61. The molecule has 0 unspecified atom stereocenters. The molecule has 3 aromatic carbocycles. The molecule has 0 radical (unpaired) electrons. The number of rotatable bonds is 5. The average molecular weight is 384 g/mol. The number of nitrogen functional groups attached to an aromatic ring is 1. The number of aryl methyl sites for hydroxylation is 1. The van der Waals surface area contributed by atoms with Crippen molar-refractivity contribution in [2.45, 2.75) is 20.3 Å². The highest BCUT2D eigenvalue weighted by Crippen LogP contribution is 2.39. The van der Waals surface area contributed by atoms with E-state index >= 15 is 0 Å². The van der Waals surface area contributed by atoms with E-state index in [9.17, 15) is 0 Å². The minimum Gasteiger partial charge on any atom is -0.398 e. The lowest BCUT2D eigenvalue weighted by Gasteiger charge is -2.18. The number of nitrogens with two attached hydrogens (primary N) is 1. The lowest BCUT2D eigenvalue weighted by atomic mass is 9.88. The Morgan fingerprint density at radius 1 is 0.966 bits per heavy atom. The first-order valence-electron chi connectivity index (χ1n) is 9.66. The van der Waals surface area contributed by atoms with E-state index in [4.69, 9.17) is 10.8 Å². The van der Waals surface area contributed by atoms with Crippen LogP contribution < -0.4 is 5.73 Å². The van der Waals surface area contributed by atoms with Crippen molar-refractivity contribution in [2.75, 3.05) is 12.3 Å². The van der Waals surface area contributed by atoms with Crippen LogP contribution in [0.1, 0.15) is 16.8 Å². The zero-order chi connectivity index (χ0) is 20.4. The Bertz CT molecular complexity index is 1150. The van der Waals surface area contributed by atoms with Crippen LogP contribution in [0.4, 0.5) is 5.69 Å². The molecule has 3 N–H and O–H groups in total. The third-order valence-electron chi connectivity index (χ3n) is 5.26. The van der Waals surface area contributed by atoms with Gasteiger partial charge >= 0.3 is 0 Å². The van der Waals surface area contributed by atoms with Crippen LogP contribution in [0.2, 0.25) is 0 Å². The predicted molar refractivity (Wildman–Crippen MR) is 117 cm³/mol.